The topological polar surface area (TPSA) is 39.3 Å². The first kappa shape index (κ1) is 25.0. The molecule has 1 N–H and O–H groups in total. The number of hydrogen-bond acceptors (Lipinski definition) is 3. The molecular formula is C30H45N3O. The Balaban J connectivity index is 1.64. The van der Waals surface area contributed by atoms with Gasteiger partial charge in [0.25, 0.3) is 0 Å². The summed E-state index contributed by atoms with van der Waals surface area (Å²) in [5.41, 5.74) is 5.54. The fourth-order valence-electron chi connectivity index (χ4n) is 6.82. The predicted octanol–water partition coefficient (Wildman–Crippen LogP) is 6.67. The number of aromatic nitrogens is 1. The van der Waals surface area contributed by atoms with Gasteiger partial charge in [-0.3, -0.25) is 9.69 Å². The molecular weight excluding hydrogens is 418 g/mol. The maximum Gasteiger partial charge on any atom is 0.248 e. The summed E-state index contributed by atoms with van der Waals surface area (Å²) < 4.78 is 0. The number of H-pyrrole nitrogens is 1. The van der Waals surface area contributed by atoms with Crippen LogP contribution in [-0.4, -0.2) is 42.6 Å². The number of hydrogen-bond donors (Lipinski definition) is 1. The molecule has 1 aromatic carbocycles. The van der Waals surface area contributed by atoms with Gasteiger partial charge in [0.15, 0.2) is 0 Å². The van der Waals surface area contributed by atoms with E-state index in [4.69, 9.17) is 0 Å². The molecule has 0 radical (unpaired) electrons. The molecule has 0 bridgehead atoms. The highest BCUT2D eigenvalue weighted by atomic mass is 16.1. The molecule has 1 aliphatic carbocycles. The predicted molar refractivity (Wildman–Crippen MR) is 145 cm³/mol. The zero-order chi connectivity index (χ0) is 24.3. The summed E-state index contributed by atoms with van der Waals surface area (Å²) in [5.74, 6) is 0.534. The second-order valence-electron chi connectivity index (χ2n) is 12.3. The first-order valence-corrected chi connectivity index (χ1v) is 13.5. The molecule has 0 atom stereocenters. The highest BCUT2D eigenvalue weighted by Crippen LogP contribution is 2.53. The molecule has 1 aromatic heterocycles. The third kappa shape index (κ3) is 6.13. The Morgan fingerprint density at radius 3 is 2.29 bits per heavy atom. The first-order chi connectivity index (χ1) is 16.2. The molecule has 4 heteroatoms. The van der Waals surface area contributed by atoms with E-state index in [0.717, 1.165) is 37.4 Å². The van der Waals surface area contributed by atoms with E-state index in [1.165, 1.54) is 56.3 Å². The van der Waals surface area contributed by atoms with Gasteiger partial charge in [0.05, 0.1) is 0 Å². The molecule has 1 saturated heterocycles. The zero-order valence-corrected chi connectivity index (χ0v) is 22.1. The molecule has 2 fully saturated rings. The quantitative estimate of drug-likeness (QED) is 0.466. The van der Waals surface area contributed by atoms with E-state index >= 15 is 0 Å². The summed E-state index contributed by atoms with van der Waals surface area (Å²) in [7, 11) is 0. The Morgan fingerprint density at radius 1 is 0.941 bits per heavy atom. The minimum absolute atomic E-state index is 0.0396. The van der Waals surface area contributed by atoms with Crippen LogP contribution in [0.15, 0.2) is 41.2 Å². The van der Waals surface area contributed by atoms with Gasteiger partial charge >= 0.3 is 0 Å². The van der Waals surface area contributed by atoms with Crippen molar-refractivity contribution in [3.05, 3.63) is 52.3 Å². The van der Waals surface area contributed by atoms with Gasteiger partial charge in [0.1, 0.15) is 0 Å². The number of piperazine rings is 1. The number of anilines is 1. The van der Waals surface area contributed by atoms with E-state index in [1.807, 2.05) is 12.1 Å². The lowest BCUT2D eigenvalue weighted by molar-refractivity contribution is 0.0970. The van der Waals surface area contributed by atoms with Crippen LogP contribution < -0.4 is 10.5 Å². The van der Waals surface area contributed by atoms with Crippen molar-refractivity contribution in [2.75, 3.05) is 37.6 Å². The van der Waals surface area contributed by atoms with Crippen LogP contribution >= 0.6 is 0 Å². The standard InChI is InChI=1S/C30H45N3O/c1-6-7-8-14-32-15-17-33(18-16-32)27-13-12-23(26-10-9-11-28(34)31-26)19-25(27)24-20-29(2,3)22-30(4,5)21-24/h9-13,19,24H,6-8,14-18,20-22H2,1-5H3,(H,31,34). The SMILES string of the molecule is CCCCCN1CCN(c2ccc(-c3cccc(=O)[nH]3)cc2C2CC(C)(C)CC(C)(C)C2)CC1. The largest absolute Gasteiger partial charge is 0.369 e. The lowest BCUT2D eigenvalue weighted by atomic mass is 9.60. The third-order valence-corrected chi connectivity index (χ3v) is 7.89. The van der Waals surface area contributed by atoms with Gasteiger partial charge < -0.3 is 9.88 Å². The monoisotopic (exact) mass is 463 g/mol. The van der Waals surface area contributed by atoms with Gasteiger partial charge in [0.2, 0.25) is 5.56 Å². The van der Waals surface area contributed by atoms with Gasteiger partial charge in [-0.05, 0) is 78.3 Å². The first-order valence-electron chi connectivity index (χ1n) is 13.5. The van der Waals surface area contributed by atoms with E-state index < -0.39 is 0 Å². The van der Waals surface area contributed by atoms with Crippen molar-refractivity contribution < 1.29 is 0 Å². The molecule has 0 amide bonds. The van der Waals surface area contributed by atoms with Gasteiger partial charge in [-0.15, -0.1) is 0 Å². The van der Waals surface area contributed by atoms with Crippen LogP contribution in [0.1, 0.15) is 84.6 Å². The highest BCUT2D eigenvalue weighted by Gasteiger charge is 2.40. The fourth-order valence-corrected chi connectivity index (χ4v) is 6.82. The maximum absolute atomic E-state index is 12.0. The summed E-state index contributed by atoms with van der Waals surface area (Å²) in [6, 6.07) is 12.4. The number of pyridine rings is 1. The lowest BCUT2D eigenvalue weighted by Gasteiger charge is -2.46. The Hall–Kier alpha value is -2.07. The molecule has 4 rings (SSSR count). The molecule has 186 valence electrons. The Kier molecular flexibility index (Phi) is 7.57. The van der Waals surface area contributed by atoms with Gasteiger partial charge in [-0.2, -0.15) is 0 Å². The minimum Gasteiger partial charge on any atom is -0.369 e. The Bertz CT molecular complexity index is 998. The minimum atomic E-state index is -0.0396. The highest BCUT2D eigenvalue weighted by molar-refractivity contribution is 5.67. The molecule has 2 heterocycles. The van der Waals surface area contributed by atoms with Crippen LogP contribution in [-0.2, 0) is 0 Å². The van der Waals surface area contributed by atoms with Gasteiger partial charge in [-0.25, -0.2) is 0 Å². The molecule has 2 aromatic rings. The number of benzene rings is 1. The van der Waals surface area contributed by atoms with Crippen LogP contribution in [0.4, 0.5) is 5.69 Å². The summed E-state index contributed by atoms with van der Waals surface area (Å²) in [6.45, 7) is 17.8. The third-order valence-electron chi connectivity index (χ3n) is 7.89. The second kappa shape index (κ2) is 10.3. The fraction of sp³-hybridized carbons (Fsp3) is 0.633. The second-order valence-corrected chi connectivity index (χ2v) is 12.3. The Morgan fingerprint density at radius 2 is 1.65 bits per heavy atom. The van der Waals surface area contributed by atoms with Crippen LogP contribution in [0.2, 0.25) is 0 Å². The zero-order valence-electron chi connectivity index (χ0n) is 22.1. The molecule has 34 heavy (non-hydrogen) atoms. The van der Waals surface area contributed by atoms with Crippen molar-refractivity contribution in [3.63, 3.8) is 0 Å². The molecule has 0 unspecified atom stereocenters. The molecule has 0 spiro atoms. The normalized spacial score (nSPS) is 21.0. The van der Waals surface area contributed by atoms with Gasteiger partial charge in [0, 0.05) is 43.6 Å². The molecule has 1 aliphatic heterocycles. The Labute approximate surface area is 206 Å². The van der Waals surface area contributed by atoms with Crippen LogP contribution in [0.5, 0.6) is 0 Å². The maximum atomic E-state index is 12.0. The average Bonchev–Trinajstić information content (AvgIpc) is 2.77. The average molecular weight is 464 g/mol. The van der Waals surface area contributed by atoms with Crippen LogP contribution in [0.25, 0.3) is 11.3 Å². The van der Waals surface area contributed by atoms with Gasteiger partial charge in [-0.1, -0.05) is 59.6 Å². The van der Waals surface area contributed by atoms with E-state index in [2.05, 4.69) is 67.6 Å². The number of aromatic amines is 1. The summed E-state index contributed by atoms with van der Waals surface area (Å²) in [4.78, 5) is 20.3. The van der Waals surface area contributed by atoms with E-state index in [-0.39, 0.29) is 5.56 Å². The van der Waals surface area contributed by atoms with E-state index in [0.29, 0.717) is 16.7 Å². The molecule has 2 aliphatic rings. The summed E-state index contributed by atoms with van der Waals surface area (Å²) in [5, 5.41) is 0. The van der Waals surface area contributed by atoms with Crippen molar-refractivity contribution in [2.45, 2.75) is 79.1 Å². The summed E-state index contributed by atoms with van der Waals surface area (Å²) >= 11 is 0. The van der Waals surface area contributed by atoms with Crippen LogP contribution in [0.3, 0.4) is 0 Å². The lowest BCUT2D eigenvalue weighted by Crippen LogP contribution is -2.47. The number of nitrogens with one attached hydrogen (secondary N) is 1. The van der Waals surface area contributed by atoms with Crippen LogP contribution in [0, 0.1) is 10.8 Å². The number of unbranched alkanes of at least 4 members (excludes halogenated alkanes) is 2. The number of nitrogens with zero attached hydrogens (tertiary/aromatic N) is 2. The van der Waals surface area contributed by atoms with Crippen molar-refractivity contribution in [1.82, 2.24) is 9.88 Å². The van der Waals surface area contributed by atoms with E-state index in [1.54, 1.807) is 6.07 Å². The van der Waals surface area contributed by atoms with Crippen molar-refractivity contribution in [3.8, 4) is 11.3 Å². The van der Waals surface area contributed by atoms with Crippen molar-refractivity contribution >= 4 is 5.69 Å². The molecule has 1 saturated carbocycles. The van der Waals surface area contributed by atoms with E-state index in [9.17, 15) is 4.79 Å². The smallest absolute Gasteiger partial charge is 0.248 e. The molecule has 4 nitrogen and oxygen atoms in total. The number of rotatable bonds is 7. The summed E-state index contributed by atoms with van der Waals surface area (Å²) in [6.07, 6.45) is 7.65. The van der Waals surface area contributed by atoms with Crippen molar-refractivity contribution in [2.24, 2.45) is 10.8 Å². The van der Waals surface area contributed by atoms with Crippen molar-refractivity contribution in [1.29, 1.82) is 0 Å².